The third kappa shape index (κ3) is 5.12. The van der Waals surface area contributed by atoms with E-state index in [4.69, 9.17) is 9.16 Å². The molecule has 124 valence electrons. The minimum atomic E-state index is -2.00. The van der Waals surface area contributed by atoms with Crippen LogP contribution in [0.5, 0.6) is 5.75 Å². The molecule has 1 aromatic carbocycles. The van der Waals surface area contributed by atoms with Gasteiger partial charge in [-0.25, -0.2) is 4.39 Å². The smallest absolute Gasteiger partial charge is 0.306 e. The molecule has 0 fully saturated rings. The van der Waals surface area contributed by atoms with Crippen LogP contribution in [0.2, 0.25) is 18.1 Å². The van der Waals surface area contributed by atoms with Crippen molar-refractivity contribution in [2.75, 3.05) is 6.61 Å². The summed E-state index contributed by atoms with van der Waals surface area (Å²) in [7, 11) is -2.00. The van der Waals surface area contributed by atoms with Gasteiger partial charge < -0.3 is 9.16 Å². The lowest BCUT2D eigenvalue weighted by Crippen LogP contribution is -2.44. The zero-order chi connectivity index (χ0) is 17.0. The monoisotopic (exact) mass is 326 g/mol. The maximum absolute atomic E-state index is 13.5. The van der Waals surface area contributed by atoms with Gasteiger partial charge in [0.05, 0.1) is 6.61 Å². The lowest BCUT2D eigenvalue weighted by Gasteiger charge is -2.37. The van der Waals surface area contributed by atoms with E-state index in [0.717, 1.165) is 5.56 Å². The molecule has 0 amide bonds. The highest BCUT2D eigenvalue weighted by Gasteiger charge is 2.39. The number of halogens is 1. The molecule has 3 nitrogen and oxygen atoms in total. The number of carbonyl (C=O) groups is 1. The van der Waals surface area contributed by atoms with Crippen LogP contribution in [0.25, 0.3) is 0 Å². The van der Waals surface area contributed by atoms with E-state index in [1.165, 1.54) is 12.1 Å². The number of rotatable bonds is 6. The van der Waals surface area contributed by atoms with Crippen molar-refractivity contribution in [3.05, 3.63) is 29.6 Å². The molecule has 5 heteroatoms. The number of benzene rings is 1. The maximum Gasteiger partial charge on any atom is 0.306 e. The van der Waals surface area contributed by atoms with Gasteiger partial charge in [0.1, 0.15) is 11.6 Å². The lowest BCUT2D eigenvalue weighted by molar-refractivity contribution is -0.143. The molecular weight excluding hydrogens is 299 g/mol. The molecule has 0 radical (unpaired) electrons. The Labute approximate surface area is 134 Å². The van der Waals surface area contributed by atoms with Gasteiger partial charge in [-0.05, 0) is 55.2 Å². The second kappa shape index (κ2) is 7.27. The third-order valence-corrected chi connectivity index (χ3v) is 8.44. The van der Waals surface area contributed by atoms with Gasteiger partial charge in [-0.15, -0.1) is 0 Å². The lowest BCUT2D eigenvalue weighted by atomic mass is 10.1. The fourth-order valence-electron chi connectivity index (χ4n) is 1.74. The summed E-state index contributed by atoms with van der Waals surface area (Å²) in [6, 6.07) is 4.51. The fraction of sp³-hybridized carbons (Fsp3) is 0.588. The van der Waals surface area contributed by atoms with Crippen molar-refractivity contribution in [1.82, 2.24) is 0 Å². The first-order valence-electron chi connectivity index (χ1n) is 7.70. The largest absolute Gasteiger partial charge is 0.543 e. The van der Waals surface area contributed by atoms with Crippen molar-refractivity contribution in [2.45, 2.75) is 58.7 Å². The van der Waals surface area contributed by atoms with Crippen LogP contribution >= 0.6 is 0 Å². The second-order valence-electron chi connectivity index (χ2n) is 6.92. The highest BCUT2D eigenvalue weighted by Crippen LogP contribution is 2.38. The molecule has 0 unspecified atom stereocenters. The van der Waals surface area contributed by atoms with Gasteiger partial charge in [0.15, 0.2) is 0 Å². The molecule has 0 atom stereocenters. The Morgan fingerprint density at radius 1 is 1.27 bits per heavy atom. The minimum absolute atomic E-state index is 0.0554. The molecule has 0 bridgehead atoms. The topological polar surface area (TPSA) is 35.5 Å². The summed E-state index contributed by atoms with van der Waals surface area (Å²) in [4.78, 5) is 11.5. The van der Waals surface area contributed by atoms with E-state index < -0.39 is 8.32 Å². The Morgan fingerprint density at radius 2 is 1.91 bits per heavy atom. The molecule has 1 aromatic rings. The number of esters is 1. The molecule has 0 aliphatic carbocycles. The average Bonchev–Trinajstić information content (AvgIpc) is 2.38. The molecule has 22 heavy (non-hydrogen) atoms. The van der Waals surface area contributed by atoms with Crippen molar-refractivity contribution >= 4 is 14.3 Å². The molecule has 0 heterocycles. The van der Waals surface area contributed by atoms with Crippen LogP contribution in [0, 0.1) is 5.82 Å². The third-order valence-electron chi connectivity index (χ3n) is 4.10. The van der Waals surface area contributed by atoms with Crippen molar-refractivity contribution in [2.24, 2.45) is 0 Å². The van der Waals surface area contributed by atoms with Crippen LogP contribution in [0.4, 0.5) is 4.39 Å². The van der Waals surface area contributed by atoms with Gasteiger partial charge in [-0.1, -0.05) is 20.8 Å². The first-order chi connectivity index (χ1) is 10.1. The van der Waals surface area contributed by atoms with Gasteiger partial charge in [-0.2, -0.15) is 0 Å². The van der Waals surface area contributed by atoms with Gasteiger partial charge in [-0.3, -0.25) is 4.79 Å². The van der Waals surface area contributed by atoms with E-state index in [2.05, 4.69) is 33.9 Å². The van der Waals surface area contributed by atoms with E-state index >= 15 is 0 Å². The van der Waals surface area contributed by atoms with Crippen LogP contribution in [0.3, 0.4) is 0 Å². The number of ether oxygens (including phenoxy) is 1. The Hall–Kier alpha value is -1.36. The quantitative estimate of drug-likeness (QED) is 0.561. The number of hydrogen-bond acceptors (Lipinski definition) is 3. The van der Waals surface area contributed by atoms with Crippen molar-refractivity contribution in [1.29, 1.82) is 0 Å². The second-order valence-corrected chi connectivity index (χ2v) is 11.6. The van der Waals surface area contributed by atoms with E-state index in [-0.39, 0.29) is 23.2 Å². The molecule has 0 aliphatic rings. The van der Waals surface area contributed by atoms with E-state index in [9.17, 15) is 9.18 Å². The summed E-state index contributed by atoms with van der Waals surface area (Å²) in [6.45, 7) is 12.9. The summed E-state index contributed by atoms with van der Waals surface area (Å²) < 4.78 is 24.7. The van der Waals surface area contributed by atoms with E-state index in [1.807, 2.05) is 0 Å². The summed E-state index contributed by atoms with van der Waals surface area (Å²) >= 11 is 0. The molecule has 0 spiro atoms. The van der Waals surface area contributed by atoms with Crippen molar-refractivity contribution in [3.8, 4) is 5.75 Å². The molecule has 0 saturated heterocycles. The van der Waals surface area contributed by atoms with E-state index in [0.29, 0.717) is 18.8 Å². The molecule has 0 aliphatic heterocycles. The molecule has 0 aromatic heterocycles. The highest BCUT2D eigenvalue weighted by atomic mass is 28.4. The molecular formula is C17H27FO3Si. The van der Waals surface area contributed by atoms with Crippen LogP contribution in [0.15, 0.2) is 18.2 Å². The predicted octanol–water partition coefficient (Wildman–Crippen LogP) is 4.71. The Bertz CT molecular complexity index is 521. The van der Waals surface area contributed by atoms with Crippen LogP contribution in [-0.2, 0) is 16.0 Å². The molecule has 1 rings (SSSR count). The average molecular weight is 326 g/mol. The Morgan fingerprint density at radius 3 is 2.45 bits per heavy atom. The summed E-state index contributed by atoms with van der Waals surface area (Å²) in [5.41, 5.74) is 0.720. The first kappa shape index (κ1) is 18.7. The number of aryl methyl sites for hydroxylation is 1. The summed E-state index contributed by atoms with van der Waals surface area (Å²) in [6.07, 6.45) is 0.645. The standard InChI is InChI=1S/C17H27FO3Si/c1-7-20-16(19)11-8-13-12-14(18)9-10-15(13)21-22(5,6)17(2,3)4/h9-10,12H,7-8,11H2,1-6H3. The summed E-state index contributed by atoms with van der Waals surface area (Å²) in [5.74, 6) is 0.0868. The van der Waals surface area contributed by atoms with Crippen LogP contribution in [-0.4, -0.2) is 20.9 Å². The summed E-state index contributed by atoms with van der Waals surface area (Å²) in [5, 5.41) is 0.0554. The fourth-order valence-corrected chi connectivity index (χ4v) is 2.80. The zero-order valence-electron chi connectivity index (χ0n) is 14.5. The van der Waals surface area contributed by atoms with Crippen LogP contribution < -0.4 is 4.43 Å². The van der Waals surface area contributed by atoms with Crippen LogP contribution in [0.1, 0.15) is 39.7 Å². The van der Waals surface area contributed by atoms with Gasteiger partial charge in [0.25, 0.3) is 0 Å². The van der Waals surface area contributed by atoms with Gasteiger partial charge >= 0.3 is 5.97 Å². The van der Waals surface area contributed by atoms with Gasteiger partial charge in [0, 0.05) is 6.42 Å². The predicted molar refractivity (Wildman–Crippen MR) is 89.2 cm³/mol. The maximum atomic E-state index is 13.5. The van der Waals surface area contributed by atoms with E-state index in [1.54, 1.807) is 13.0 Å². The molecule has 0 saturated carbocycles. The first-order valence-corrected chi connectivity index (χ1v) is 10.6. The Balaban J connectivity index is 2.94. The van der Waals surface area contributed by atoms with Gasteiger partial charge in [0.2, 0.25) is 8.32 Å². The van der Waals surface area contributed by atoms with Crippen molar-refractivity contribution in [3.63, 3.8) is 0 Å². The minimum Gasteiger partial charge on any atom is -0.543 e. The zero-order valence-corrected chi connectivity index (χ0v) is 15.5. The number of carbonyl (C=O) groups excluding carboxylic acids is 1. The molecule has 0 N–H and O–H groups in total. The van der Waals surface area contributed by atoms with Crippen molar-refractivity contribution < 1.29 is 18.3 Å². The Kier molecular flexibility index (Phi) is 6.17. The SMILES string of the molecule is CCOC(=O)CCc1cc(F)ccc1O[Si](C)(C)C(C)(C)C. The number of hydrogen-bond donors (Lipinski definition) is 0. The normalized spacial score (nSPS) is 12.1. The highest BCUT2D eigenvalue weighted by molar-refractivity contribution is 6.74.